The molecule has 0 saturated heterocycles. The number of anilines is 1. The van der Waals surface area contributed by atoms with E-state index in [4.69, 9.17) is 0 Å². The number of carbonyl (C=O) groups excluding carboxylic acids is 1. The maximum atomic E-state index is 10.9. The van der Waals surface area contributed by atoms with E-state index in [9.17, 15) is 4.79 Å². The number of carbonyl (C=O) groups is 1. The number of hydrogen-bond acceptors (Lipinski definition) is 2. The molecule has 110 valence electrons. The lowest BCUT2D eigenvalue weighted by Gasteiger charge is -2.14. The highest BCUT2D eigenvalue weighted by atomic mass is 16.1. The van der Waals surface area contributed by atoms with Gasteiger partial charge >= 0.3 is 0 Å². The first-order valence-corrected chi connectivity index (χ1v) is 6.85. The Morgan fingerprint density at radius 2 is 1.90 bits per heavy atom. The Bertz CT molecular complexity index is 451. The Kier molecular flexibility index (Phi) is 6.56. The van der Waals surface area contributed by atoms with E-state index in [2.05, 4.69) is 34.8 Å². The lowest BCUT2D eigenvalue weighted by molar-refractivity contribution is -0.114. The second-order valence-electron chi connectivity index (χ2n) is 4.93. The molecule has 1 rings (SSSR count). The molecule has 0 fully saturated rings. The van der Waals surface area contributed by atoms with Gasteiger partial charge in [-0.15, -0.1) is 0 Å². The molecular weight excluding hydrogens is 252 g/mol. The number of guanidine groups is 1. The van der Waals surface area contributed by atoms with Gasteiger partial charge in [-0.1, -0.05) is 12.1 Å². The van der Waals surface area contributed by atoms with Crippen LogP contribution in [0.1, 0.15) is 26.3 Å². The summed E-state index contributed by atoms with van der Waals surface area (Å²) in [6.07, 6.45) is 0.902. The van der Waals surface area contributed by atoms with Crippen LogP contribution in [0.2, 0.25) is 0 Å². The minimum atomic E-state index is -0.0528. The summed E-state index contributed by atoms with van der Waals surface area (Å²) >= 11 is 0. The molecule has 0 heterocycles. The number of rotatable bonds is 5. The molecule has 0 saturated carbocycles. The monoisotopic (exact) mass is 276 g/mol. The Labute approximate surface area is 120 Å². The highest BCUT2D eigenvalue weighted by molar-refractivity contribution is 5.88. The molecule has 0 aliphatic rings. The highest BCUT2D eigenvalue weighted by Crippen LogP contribution is 2.09. The van der Waals surface area contributed by atoms with Crippen LogP contribution < -0.4 is 16.0 Å². The van der Waals surface area contributed by atoms with Crippen LogP contribution >= 0.6 is 0 Å². The number of benzene rings is 1. The number of hydrogen-bond donors (Lipinski definition) is 3. The van der Waals surface area contributed by atoms with Crippen molar-refractivity contribution in [3.63, 3.8) is 0 Å². The van der Waals surface area contributed by atoms with Gasteiger partial charge in [-0.05, 0) is 38.0 Å². The predicted molar refractivity (Wildman–Crippen MR) is 84.1 cm³/mol. The van der Waals surface area contributed by atoms with Crippen molar-refractivity contribution in [3.8, 4) is 0 Å². The van der Waals surface area contributed by atoms with Crippen molar-refractivity contribution in [1.29, 1.82) is 0 Å². The van der Waals surface area contributed by atoms with Crippen molar-refractivity contribution in [1.82, 2.24) is 10.6 Å². The second kappa shape index (κ2) is 8.19. The zero-order chi connectivity index (χ0) is 15.0. The van der Waals surface area contributed by atoms with Crippen molar-refractivity contribution in [2.24, 2.45) is 4.99 Å². The van der Waals surface area contributed by atoms with E-state index < -0.39 is 0 Å². The summed E-state index contributed by atoms with van der Waals surface area (Å²) in [6, 6.07) is 8.23. The quantitative estimate of drug-likeness (QED) is 0.567. The van der Waals surface area contributed by atoms with Crippen molar-refractivity contribution in [3.05, 3.63) is 29.8 Å². The van der Waals surface area contributed by atoms with Gasteiger partial charge in [0.25, 0.3) is 0 Å². The van der Waals surface area contributed by atoms with Crippen molar-refractivity contribution in [2.75, 3.05) is 18.9 Å². The molecular formula is C15H24N4O. The molecule has 0 aromatic heterocycles. The van der Waals surface area contributed by atoms with Gasteiger partial charge in [0.2, 0.25) is 5.91 Å². The van der Waals surface area contributed by atoms with E-state index in [1.54, 1.807) is 7.05 Å². The molecule has 0 spiro atoms. The predicted octanol–water partition coefficient (Wildman–Crippen LogP) is 1.76. The summed E-state index contributed by atoms with van der Waals surface area (Å²) in [5, 5.41) is 9.26. The van der Waals surface area contributed by atoms with Gasteiger partial charge in [0.15, 0.2) is 5.96 Å². The summed E-state index contributed by atoms with van der Waals surface area (Å²) in [5.74, 6) is 0.762. The molecule has 3 N–H and O–H groups in total. The van der Waals surface area contributed by atoms with Crippen LogP contribution in [0.3, 0.4) is 0 Å². The van der Waals surface area contributed by atoms with Gasteiger partial charge in [-0.3, -0.25) is 9.79 Å². The zero-order valence-corrected chi connectivity index (χ0v) is 12.7. The Hall–Kier alpha value is -2.04. The standard InChI is InChI=1S/C15H24N4O/c1-11(2)18-15(16-4)17-10-9-13-5-7-14(8-6-13)19-12(3)20/h5-8,11H,9-10H2,1-4H3,(H,19,20)(H2,16,17,18). The normalized spacial score (nSPS) is 11.3. The van der Waals surface area contributed by atoms with E-state index in [0.29, 0.717) is 6.04 Å². The maximum Gasteiger partial charge on any atom is 0.221 e. The van der Waals surface area contributed by atoms with Crippen molar-refractivity contribution < 1.29 is 4.79 Å². The molecule has 0 aliphatic heterocycles. The minimum absolute atomic E-state index is 0.0528. The number of nitrogens with zero attached hydrogens (tertiary/aromatic N) is 1. The van der Waals surface area contributed by atoms with Crippen LogP contribution in [0.15, 0.2) is 29.3 Å². The first-order chi connectivity index (χ1) is 9.51. The highest BCUT2D eigenvalue weighted by Gasteiger charge is 2.00. The lowest BCUT2D eigenvalue weighted by Crippen LogP contribution is -2.41. The number of aliphatic imine (C=N–C) groups is 1. The van der Waals surface area contributed by atoms with E-state index in [0.717, 1.165) is 24.6 Å². The minimum Gasteiger partial charge on any atom is -0.356 e. The fourth-order valence-electron chi connectivity index (χ4n) is 1.75. The van der Waals surface area contributed by atoms with E-state index in [1.165, 1.54) is 12.5 Å². The summed E-state index contributed by atoms with van der Waals surface area (Å²) in [5.41, 5.74) is 2.04. The molecule has 1 aromatic rings. The summed E-state index contributed by atoms with van der Waals surface area (Å²) in [7, 11) is 1.76. The molecule has 5 nitrogen and oxygen atoms in total. The average molecular weight is 276 g/mol. The van der Waals surface area contributed by atoms with Gasteiger partial charge in [-0.25, -0.2) is 0 Å². The third kappa shape index (κ3) is 6.22. The SMILES string of the molecule is CN=C(NCCc1ccc(NC(C)=O)cc1)NC(C)C. The summed E-state index contributed by atoms with van der Waals surface area (Å²) in [6.45, 7) is 6.47. The fourth-order valence-corrected chi connectivity index (χ4v) is 1.75. The summed E-state index contributed by atoms with van der Waals surface area (Å²) in [4.78, 5) is 15.1. The molecule has 1 amide bonds. The maximum absolute atomic E-state index is 10.9. The lowest BCUT2D eigenvalue weighted by atomic mass is 10.1. The molecule has 0 atom stereocenters. The number of nitrogens with one attached hydrogen (secondary N) is 3. The van der Waals surface area contributed by atoms with Crippen molar-refractivity contribution in [2.45, 2.75) is 33.2 Å². The second-order valence-corrected chi connectivity index (χ2v) is 4.93. The Morgan fingerprint density at radius 3 is 2.40 bits per heavy atom. The van der Waals surface area contributed by atoms with Crippen LogP contribution in [0.25, 0.3) is 0 Å². The fraction of sp³-hybridized carbons (Fsp3) is 0.467. The van der Waals surface area contributed by atoms with E-state index in [-0.39, 0.29) is 5.91 Å². The molecule has 0 unspecified atom stereocenters. The molecule has 1 aromatic carbocycles. The first-order valence-electron chi connectivity index (χ1n) is 6.85. The first kappa shape index (κ1) is 16.0. The topological polar surface area (TPSA) is 65.5 Å². The van der Waals surface area contributed by atoms with Gasteiger partial charge in [0.1, 0.15) is 0 Å². The van der Waals surface area contributed by atoms with Gasteiger partial charge in [0, 0.05) is 32.2 Å². The van der Waals surface area contributed by atoms with Crippen LogP contribution in [0.4, 0.5) is 5.69 Å². The average Bonchev–Trinajstić information content (AvgIpc) is 2.38. The molecule has 20 heavy (non-hydrogen) atoms. The third-order valence-corrected chi connectivity index (χ3v) is 2.63. The molecule has 0 radical (unpaired) electrons. The van der Waals surface area contributed by atoms with Crippen molar-refractivity contribution >= 4 is 17.6 Å². The third-order valence-electron chi connectivity index (χ3n) is 2.63. The Morgan fingerprint density at radius 1 is 1.25 bits per heavy atom. The van der Waals surface area contributed by atoms with Crippen LogP contribution in [-0.2, 0) is 11.2 Å². The smallest absolute Gasteiger partial charge is 0.221 e. The van der Waals surface area contributed by atoms with E-state index >= 15 is 0 Å². The van der Waals surface area contributed by atoms with Gasteiger partial charge in [0.05, 0.1) is 0 Å². The van der Waals surface area contributed by atoms with E-state index in [1.807, 2.05) is 24.3 Å². The molecule has 0 aliphatic carbocycles. The zero-order valence-electron chi connectivity index (χ0n) is 12.7. The largest absolute Gasteiger partial charge is 0.356 e. The van der Waals surface area contributed by atoms with Crippen LogP contribution in [0.5, 0.6) is 0 Å². The Balaban J connectivity index is 2.40. The van der Waals surface area contributed by atoms with Gasteiger partial charge < -0.3 is 16.0 Å². The number of amides is 1. The molecule has 0 bridgehead atoms. The van der Waals surface area contributed by atoms with Crippen LogP contribution in [-0.4, -0.2) is 31.5 Å². The van der Waals surface area contributed by atoms with Crippen LogP contribution in [0, 0.1) is 0 Å². The van der Waals surface area contributed by atoms with Gasteiger partial charge in [-0.2, -0.15) is 0 Å². The molecule has 5 heteroatoms. The summed E-state index contributed by atoms with van der Waals surface area (Å²) < 4.78 is 0.